The zero-order chi connectivity index (χ0) is 15.4. The first-order valence-electron chi connectivity index (χ1n) is 5.61. The van der Waals surface area contributed by atoms with E-state index < -0.39 is 21.7 Å². The van der Waals surface area contributed by atoms with Gasteiger partial charge in [0.05, 0.1) is 12.6 Å². The molecule has 8 heteroatoms. The van der Waals surface area contributed by atoms with Gasteiger partial charge in [-0.05, 0) is 18.6 Å². The Morgan fingerprint density at radius 3 is 2.70 bits per heavy atom. The molecule has 1 aliphatic heterocycles. The van der Waals surface area contributed by atoms with Crippen LogP contribution in [0.3, 0.4) is 0 Å². The third-order valence-corrected chi connectivity index (χ3v) is 3.47. The van der Waals surface area contributed by atoms with Gasteiger partial charge in [-0.1, -0.05) is 30.9 Å². The molecule has 0 amide bonds. The van der Waals surface area contributed by atoms with Crippen LogP contribution in [0.1, 0.15) is 6.92 Å². The molecule has 0 saturated heterocycles. The first-order valence-corrected chi connectivity index (χ1v) is 7.02. The van der Waals surface area contributed by atoms with Crippen molar-refractivity contribution in [2.45, 2.75) is 18.5 Å². The average molecular weight is 309 g/mol. The maximum atomic E-state index is 12.2. The van der Waals surface area contributed by atoms with Crippen molar-refractivity contribution in [2.75, 3.05) is 6.54 Å². The van der Waals surface area contributed by atoms with Gasteiger partial charge in [-0.3, -0.25) is 5.32 Å². The Bertz CT molecular complexity index is 559. The fourth-order valence-corrected chi connectivity index (χ4v) is 2.02. The summed E-state index contributed by atoms with van der Waals surface area (Å²) in [6, 6.07) is -0.408. The summed E-state index contributed by atoms with van der Waals surface area (Å²) in [5, 5.41) is 2.84. The average Bonchev–Trinajstić information content (AvgIpc) is 2.76. The molecule has 1 aliphatic rings. The van der Waals surface area contributed by atoms with Crippen molar-refractivity contribution >= 4 is 10.1 Å². The van der Waals surface area contributed by atoms with Crippen LogP contribution in [-0.2, 0) is 14.3 Å². The summed E-state index contributed by atoms with van der Waals surface area (Å²) >= 11 is 0. The van der Waals surface area contributed by atoms with E-state index in [9.17, 15) is 21.6 Å². The van der Waals surface area contributed by atoms with Gasteiger partial charge < -0.3 is 4.18 Å². The molecule has 112 valence electrons. The predicted octanol–water partition coefficient (Wildman–Crippen LogP) is 2.40. The maximum absolute atomic E-state index is 12.2. The lowest BCUT2D eigenvalue weighted by molar-refractivity contribution is -0.0522. The van der Waals surface area contributed by atoms with Gasteiger partial charge in [0.1, 0.15) is 5.76 Å². The van der Waals surface area contributed by atoms with Crippen molar-refractivity contribution in [1.82, 2.24) is 5.32 Å². The van der Waals surface area contributed by atoms with Gasteiger partial charge in [0, 0.05) is 0 Å². The standard InChI is InChI=1S/C12H14F3NO3S/c1-3-5-6-9(4-2)11-7-10(8-16-11)19-20(17,18)12(13,14)15/h3-7,11,16H,1,8H2,2H3/b6-5-,9-4+/t11-/m0/s1. The number of nitrogens with one attached hydrogen (secondary N) is 1. The molecule has 1 rings (SSSR count). The van der Waals surface area contributed by atoms with Crippen LogP contribution in [0.25, 0.3) is 0 Å². The highest BCUT2D eigenvalue weighted by Crippen LogP contribution is 2.28. The fraction of sp³-hybridized carbons (Fsp3) is 0.333. The second-order valence-electron chi connectivity index (χ2n) is 3.86. The van der Waals surface area contributed by atoms with E-state index in [0.717, 1.165) is 5.57 Å². The van der Waals surface area contributed by atoms with Gasteiger partial charge in [0.2, 0.25) is 0 Å². The Balaban J connectivity index is 2.85. The zero-order valence-electron chi connectivity index (χ0n) is 10.6. The van der Waals surface area contributed by atoms with Crippen LogP contribution in [0.5, 0.6) is 0 Å². The summed E-state index contributed by atoms with van der Waals surface area (Å²) in [5.74, 6) is -0.279. The van der Waals surface area contributed by atoms with Crippen molar-refractivity contribution in [2.24, 2.45) is 0 Å². The summed E-state index contributed by atoms with van der Waals surface area (Å²) < 4.78 is 62.3. The molecule has 0 saturated carbocycles. The Morgan fingerprint density at radius 1 is 1.55 bits per heavy atom. The SMILES string of the molecule is C=C/C=C\C(=C/C)[C@@H]1C=C(OS(=O)(=O)C(F)(F)F)CN1. The summed E-state index contributed by atoms with van der Waals surface area (Å²) in [4.78, 5) is 0. The van der Waals surface area contributed by atoms with Gasteiger partial charge in [-0.25, -0.2) is 0 Å². The zero-order valence-corrected chi connectivity index (χ0v) is 11.5. The number of halogens is 3. The number of hydrogen-bond acceptors (Lipinski definition) is 4. The Kier molecular flexibility index (Phi) is 5.18. The van der Waals surface area contributed by atoms with Gasteiger partial charge >= 0.3 is 15.6 Å². The Morgan fingerprint density at radius 2 is 2.20 bits per heavy atom. The summed E-state index contributed by atoms with van der Waals surface area (Å²) in [6.07, 6.45) is 7.97. The maximum Gasteiger partial charge on any atom is 0.534 e. The van der Waals surface area contributed by atoms with Crippen LogP contribution in [0.15, 0.2) is 48.3 Å². The Labute approximate surface area is 115 Å². The molecule has 1 atom stereocenters. The lowest BCUT2D eigenvalue weighted by Gasteiger charge is -2.09. The molecular formula is C12H14F3NO3S. The van der Waals surface area contributed by atoms with Gasteiger partial charge in [-0.2, -0.15) is 21.6 Å². The third kappa shape index (κ3) is 3.97. The molecule has 0 aromatic heterocycles. The monoisotopic (exact) mass is 309 g/mol. The van der Waals surface area contributed by atoms with Crippen molar-refractivity contribution in [3.8, 4) is 0 Å². The molecule has 0 bridgehead atoms. The summed E-state index contributed by atoms with van der Waals surface area (Å²) in [5.41, 5.74) is -4.68. The Hall–Kier alpha value is -1.54. The highest BCUT2D eigenvalue weighted by Gasteiger charge is 2.49. The first kappa shape index (κ1) is 16.5. The van der Waals surface area contributed by atoms with E-state index in [4.69, 9.17) is 0 Å². The molecule has 0 aliphatic carbocycles. The van der Waals surface area contributed by atoms with E-state index in [1.165, 1.54) is 6.08 Å². The lowest BCUT2D eigenvalue weighted by Crippen LogP contribution is -2.27. The minimum absolute atomic E-state index is 0.0980. The largest absolute Gasteiger partial charge is 0.534 e. The normalized spacial score (nSPS) is 21.1. The lowest BCUT2D eigenvalue weighted by atomic mass is 10.1. The molecule has 0 spiro atoms. The van der Waals surface area contributed by atoms with E-state index in [-0.39, 0.29) is 12.3 Å². The third-order valence-electron chi connectivity index (χ3n) is 2.47. The van der Waals surface area contributed by atoms with E-state index >= 15 is 0 Å². The van der Waals surface area contributed by atoms with Crippen LogP contribution in [0.2, 0.25) is 0 Å². The van der Waals surface area contributed by atoms with Gasteiger partial charge in [0.25, 0.3) is 0 Å². The minimum Gasteiger partial charge on any atom is -0.379 e. The quantitative estimate of drug-likeness (QED) is 0.481. The van der Waals surface area contributed by atoms with E-state index in [2.05, 4.69) is 16.1 Å². The van der Waals surface area contributed by atoms with Crippen LogP contribution in [0, 0.1) is 0 Å². The van der Waals surface area contributed by atoms with Crippen molar-refractivity contribution < 1.29 is 25.8 Å². The minimum atomic E-state index is -5.62. The van der Waals surface area contributed by atoms with Crippen LogP contribution in [0.4, 0.5) is 13.2 Å². The van der Waals surface area contributed by atoms with Crippen molar-refractivity contribution in [1.29, 1.82) is 0 Å². The highest BCUT2D eigenvalue weighted by atomic mass is 32.2. The van der Waals surface area contributed by atoms with Crippen LogP contribution in [-0.4, -0.2) is 26.5 Å². The molecule has 0 aromatic rings. The first-order chi connectivity index (χ1) is 9.21. The predicted molar refractivity (Wildman–Crippen MR) is 69.0 cm³/mol. The number of rotatable bonds is 5. The molecule has 4 nitrogen and oxygen atoms in total. The molecule has 0 aromatic carbocycles. The molecule has 1 heterocycles. The van der Waals surface area contributed by atoms with Gasteiger partial charge in [0.15, 0.2) is 0 Å². The molecular weight excluding hydrogens is 295 g/mol. The number of alkyl halides is 3. The molecule has 0 unspecified atom stereocenters. The fourth-order valence-electron chi connectivity index (χ4n) is 1.53. The highest BCUT2D eigenvalue weighted by molar-refractivity contribution is 7.87. The van der Waals surface area contributed by atoms with Gasteiger partial charge in [-0.15, -0.1) is 0 Å². The molecule has 0 radical (unpaired) electrons. The molecule has 20 heavy (non-hydrogen) atoms. The second-order valence-corrected chi connectivity index (χ2v) is 5.40. The van der Waals surface area contributed by atoms with E-state index in [1.54, 1.807) is 31.2 Å². The molecule has 1 N–H and O–H groups in total. The van der Waals surface area contributed by atoms with Crippen LogP contribution >= 0.6 is 0 Å². The van der Waals surface area contributed by atoms with Crippen LogP contribution < -0.4 is 5.32 Å². The molecule has 0 fully saturated rings. The smallest absolute Gasteiger partial charge is 0.379 e. The van der Waals surface area contributed by atoms with E-state index in [0.29, 0.717) is 0 Å². The van der Waals surface area contributed by atoms with Crippen molar-refractivity contribution in [3.05, 3.63) is 48.3 Å². The second kappa shape index (κ2) is 6.27. The summed E-state index contributed by atoms with van der Waals surface area (Å²) in [7, 11) is -5.62. The number of allylic oxidation sites excluding steroid dienone is 3. The topological polar surface area (TPSA) is 55.4 Å². The summed E-state index contributed by atoms with van der Waals surface area (Å²) in [6.45, 7) is 5.16. The van der Waals surface area contributed by atoms with Crippen molar-refractivity contribution in [3.63, 3.8) is 0 Å². The van der Waals surface area contributed by atoms with E-state index in [1.807, 2.05) is 0 Å². The number of hydrogen-bond donors (Lipinski definition) is 1.